The van der Waals surface area contributed by atoms with Crippen molar-refractivity contribution in [2.45, 2.75) is 6.92 Å². The Kier molecular flexibility index (Phi) is 5.49. The zero-order chi connectivity index (χ0) is 19.4. The Morgan fingerprint density at radius 2 is 1.93 bits per heavy atom. The second-order valence-corrected chi connectivity index (χ2v) is 6.31. The standard InChI is InChI=1S/C20H23N3O4/c1-14-5-4-6-15(11-14)21-19(24)13-22-9-10-23(20(22)25)17-12-16(26-2)7-8-18(17)27-3/h4-8,11-12H,9-10,13H2,1-3H3,(H,21,24). The van der Waals surface area contributed by atoms with Gasteiger partial charge in [-0.2, -0.15) is 0 Å². The number of amides is 3. The van der Waals surface area contributed by atoms with Crippen molar-refractivity contribution >= 4 is 23.3 Å². The van der Waals surface area contributed by atoms with Crippen LogP contribution in [0.15, 0.2) is 42.5 Å². The smallest absolute Gasteiger partial charge is 0.325 e. The molecule has 27 heavy (non-hydrogen) atoms. The summed E-state index contributed by atoms with van der Waals surface area (Å²) < 4.78 is 10.6. The van der Waals surface area contributed by atoms with Crippen molar-refractivity contribution < 1.29 is 19.1 Å². The second kappa shape index (κ2) is 7.99. The molecule has 142 valence electrons. The van der Waals surface area contributed by atoms with Gasteiger partial charge in [-0.15, -0.1) is 0 Å². The van der Waals surface area contributed by atoms with Crippen LogP contribution in [0.2, 0.25) is 0 Å². The molecule has 0 unspecified atom stereocenters. The molecular weight excluding hydrogens is 346 g/mol. The third-order valence-electron chi connectivity index (χ3n) is 4.41. The summed E-state index contributed by atoms with van der Waals surface area (Å²) >= 11 is 0. The zero-order valence-electron chi connectivity index (χ0n) is 15.7. The lowest BCUT2D eigenvalue weighted by Crippen LogP contribution is -2.37. The molecule has 0 aliphatic carbocycles. The van der Waals surface area contributed by atoms with Crippen molar-refractivity contribution in [1.82, 2.24) is 4.90 Å². The number of carbonyl (C=O) groups excluding carboxylic acids is 2. The van der Waals surface area contributed by atoms with Gasteiger partial charge in [-0.25, -0.2) is 4.79 Å². The van der Waals surface area contributed by atoms with Crippen LogP contribution in [0.5, 0.6) is 11.5 Å². The number of anilines is 2. The number of hydrogen-bond donors (Lipinski definition) is 1. The molecule has 2 aromatic rings. The third-order valence-corrected chi connectivity index (χ3v) is 4.41. The Balaban J connectivity index is 1.69. The van der Waals surface area contributed by atoms with E-state index in [2.05, 4.69) is 5.32 Å². The maximum atomic E-state index is 12.8. The van der Waals surface area contributed by atoms with Gasteiger partial charge in [-0.1, -0.05) is 12.1 Å². The van der Waals surface area contributed by atoms with Gasteiger partial charge in [-0.3, -0.25) is 9.69 Å². The van der Waals surface area contributed by atoms with Crippen LogP contribution in [0.4, 0.5) is 16.2 Å². The molecule has 0 atom stereocenters. The van der Waals surface area contributed by atoms with Crippen molar-refractivity contribution in [3.05, 3.63) is 48.0 Å². The lowest BCUT2D eigenvalue weighted by atomic mass is 10.2. The van der Waals surface area contributed by atoms with Crippen LogP contribution in [0.1, 0.15) is 5.56 Å². The molecule has 0 spiro atoms. The van der Waals surface area contributed by atoms with Crippen LogP contribution < -0.4 is 19.7 Å². The highest BCUT2D eigenvalue weighted by Gasteiger charge is 2.32. The summed E-state index contributed by atoms with van der Waals surface area (Å²) in [6.07, 6.45) is 0. The molecule has 1 fully saturated rings. The Hall–Kier alpha value is -3.22. The molecule has 1 heterocycles. The molecule has 1 N–H and O–H groups in total. The molecule has 2 aromatic carbocycles. The molecule has 7 heteroatoms. The molecule has 0 bridgehead atoms. The predicted molar refractivity (Wildman–Crippen MR) is 104 cm³/mol. The van der Waals surface area contributed by atoms with E-state index in [0.717, 1.165) is 11.3 Å². The van der Waals surface area contributed by atoms with Crippen LogP contribution >= 0.6 is 0 Å². The number of ether oxygens (including phenoxy) is 2. The SMILES string of the molecule is COc1ccc(OC)c(N2CCN(CC(=O)Nc3cccc(C)c3)C2=O)c1. The molecule has 1 aliphatic rings. The maximum absolute atomic E-state index is 12.8. The first-order chi connectivity index (χ1) is 13.0. The van der Waals surface area contributed by atoms with Gasteiger partial charge in [0.25, 0.3) is 0 Å². The molecule has 3 amide bonds. The Labute approximate surface area is 158 Å². The van der Waals surface area contributed by atoms with Gasteiger partial charge in [0.05, 0.1) is 19.9 Å². The first-order valence-electron chi connectivity index (χ1n) is 8.67. The van der Waals surface area contributed by atoms with Crippen molar-refractivity contribution in [3.8, 4) is 11.5 Å². The van der Waals surface area contributed by atoms with Crippen molar-refractivity contribution in [3.63, 3.8) is 0 Å². The molecule has 1 saturated heterocycles. The van der Waals surface area contributed by atoms with Crippen molar-refractivity contribution in [2.75, 3.05) is 44.1 Å². The van der Waals surface area contributed by atoms with E-state index in [9.17, 15) is 9.59 Å². The minimum Gasteiger partial charge on any atom is -0.497 e. The summed E-state index contributed by atoms with van der Waals surface area (Å²) in [5, 5.41) is 2.83. The van der Waals surface area contributed by atoms with E-state index in [1.807, 2.05) is 31.2 Å². The van der Waals surface area contributed by atoms with Gasteiger partial charge < -0.3 is 19.7 Å². The van der Waals surface area contributed by atoms with E-state index < -0.39 is 0 Å². The number of methoxy groups -OCH3 is 2. The fourth-order valence-electron chi connectivity index (χ4n) is 3.06. The molecule has 3 rings (SSSR count). The second-order valence-electron chi connectivity index (χ2n) is 6.31. The van der Waals surface area contributed by atoms with Crippen LogP contribution in [0.25, 0.3) is 0 Å². The molecule has 0 aromatic heterocycles. The lowest BCUT2D eigenvalue weighted by Gasteiger charge is -2.21. The summed E-state index contributed by atoms with van der Waals surface area (Å²) in [6, 6.07) is 12.6. The lowest BCUT2D eigenvalue weighted by molar-refractivity contribution is -0.116. The van der Waals surface area contributed by atoms with Gasteiger partial charge in [0, 0.05) is 24.8 Å². The van der Waals surface area contributed by atoms with Gasteiger partial charge >= 0.3 is 6.03 Å². The Morgan fingerprint density at radius 3 is 2.63 bits per heavy atom. The number of hydrogen-bond acceptors (Lipinski definition) is 4. The fourth-order valence-corrected chi connectivity index (χ4v) is 3.06. The van der Waals surface area contributed by atoms with Gasteiger partial charge in [0.2, 0.25) is 5.91 Å². The summed E-state index contributed by atoms with van der Waals surface area (Å²) in [5.74, 6) is 0.984. The summed E-state index contributed by atoms with van der Waals surface area (Å²) in [5.41, 5.74) is 2.41. The minimum atomic E-state index is -0.235. The van der Waals surface area contributed by atoms with E-state index in [0.29, 0.717) is 30.3 Å². The van der Waals surface area contributed by atoms with Crippen LogP contribution in [0, 0.1) is 6.92 Å². The van der Waals surface area contributed by atoms with E-state index in [4.69, 9.17) is 9.47 Å². The number of carbonyl (C=O) groups is 2. The third kappa shape index (κ3) is 4.13. The van der Waals surface area contributed by atoms with E-state index >= 15 is 0 Å². The number of benzene rings is 2. The van der Waals surface area contributed by atoms with Gasteiger partial charge in [-0.05, 0) is 36.8 Å². The number of nitrogens with one attached hydrogen (secondary N) is 1. The monoisotopic (exact) mass is 369 g/mol. The van der Waals surface area contributed by atoms with Crippen molar-refractivity contribution in [1.29, 1.82) is 0 Å². The fraction of sp³-hybridized carbons (Fsp3) is 0.300. The maximum Gasteiger partial charge on any atom is 0.325 e. The van der Waals surface area contributed by atoms with E-state index in [-0.39, 0.29) is 18.5 Å². The topological polar surface area (TPSA) is 71.1 Å². The first-order valence-corrected chi connectivity index (χ1v) is 8.67. The molecular formula is C20H23N3O4. The number of rotatable bonds is 6. The van der Waals surface area contributed by atoms with Crippen molar-refractivity contribution in [2.24, 2.45) is 0 Å². The number of urea groups is 1. The normalized spacial score (nSPS) is 13.7. The molecule has 0 radical (unpaired) electrons. The number of aryl methyl sites for hydroxylation is 1. The summed E-state index contributed by atoms with van der Waals surface area (Å²) in [4.78, 5) is 28.2. The highest BCUT2D eigenvalue weighted by molar-refractivity contribution is 6.00. The summed E-state index contributed by atoms with van der Waals surface area (Å²) in [6.45, 7) is 2.88. The van der Waals surface area contributed by atoms with Crippen LogP contribution in [-0.2, 0) is 4.79 Å². The zero-order valence-corrected chi connectivity index (χ0v) is 15.7. The van der Waals surface area contributed by atoms with Crippen LogP contribution in [0.3, 0.4) is 0 Å². The van der Waals surface area contributed by atoms with E-state index in [1.54, 1.807) is 37.3 Å². The Morgan fingerprint density at radius 1 is 1.11 bits per heavy atom. The molecule has 7 nitrogen and oxygen atoms in total. The number of nitrogens with zero attached hydrogens (tertiary/aromatic N) is 2. The first kappa shape index (κ1) is 18.6. The average Bonchev–Trinajstić information content (AvgIpc) is 3.01. The average molecular weight is 369 g/mol. The van der Waals surface area contributed by atoms with Gasteiger partial charge in [0.1, 0.15) is 18.0 Å². The molecule has 1 aliphatic heterocycles. The largest absolute Gasteiger partial charge is 0.497 e. The van der Waals surface area contributed by atoms with Crippen LogP contribution in [-0.4, -0.2) is 50.7 Å². The van der Waals surface area contributed by atoms with Gasteiger partial charge in [0.15, 0.2) is 0 Å². The Bertz CT molecular complexity index is 853. The highest BCUT2D eigenvalue weighted by atomic mass is 16.5. The summed E-state index contributed by atoms with van der Waals surface area (Å²) in [7, 11) is 3.12. The van der Waals surface area contributed by atoms with E-state index in [1.165, 1.54) is 4.90 Å². The predicted octanol–water partition coefficient (Wildman–Crippen LogP) is 2.89. The minimum absolute atomic E-state index is 0.00441. The quantitative estimate of drug-likeness (QED) is 0.850. The highest BCUT2D eigenvalue weighted by Crippen LogP contribution is 2.34. The molecule has 0 saturated carbocycles.